The summed E-state index contributed by atoms with van der Waals surface area (Å²) in [5, 5.41) is 2.61. The van der Waals surface area contributed by atoms with E-state index in [4.69, 9.17) is 9.47 Å². The van der Waals surface area contributed by atoms with Crippen molar-refractivity contribution in [3.05, 3.63) is 54.1 Å². The lowest BCUT2D eigenvalue weighted by atomic mass is 10.2. The van der Waals surface area contributed by atoms with Crippen LogP contribution in [0.1, 0.15) is 5.56 Å². The highest BCUT2D eigenvalue weighted by Gasteiger charge is 2.19. The Bertz CT molecular complexity index is 716. The van der Waals surface area contributed by atoms with Gasteiger partial charge >= 0.3 is 11.8 Å². The minimum atomic E-state index is -0.670. The normalized spacial score (nSPS) is 9.96. The molecule has 0 unspecified atom stereocenters. The van der Waals surface area contributed by atoms with Gasteiger partial charge in [0.1, 0.15) is 0 Å². The van der Waals surface area contributed by atoms with Gasteiger partial charge in [-0.15, -0.1) is 0 Å². The third-order valence-corrected chi connectivity index (χ3v) is 3.54. The topological polar surface area (TPSA) is 67.9 Å². The van der Waals surface area contributed by atoms with Gasteiger partial charge in [-0.25, -0.2) is 0 Å². The number of amides is 2. The lowest BCUT2D eigenvalue weighted by Gasteiger charge is -2.16. The van der Waals surface area contributed by atoms with E-state index < -0.39 is 11.8 Å². The number of rotatable bonds is 5. The average Bonchev–Trinajstić information content (AvgIpc) is 2.65. The highest BCUT2D eigenvalue weighted by atomic mass is 16.5. The van der Waals surface area contributed by atoms with Gasteiger partial charge in [0.05, 0.1) is 14.2 Å². The summed E-state index contributed by atoms with van der Waals surface area (Å²) in [7, 11) is 4.66. The lowest BCUT2D eigenvalue weighted by molar-refractivity contribution is -0.137. The third-order valence-electron chi connectivity index (χ3n) is 3.54. The molecule has 2 rings (SSSR count). The molecule has 0 saturated heterocycles. The summed E-state index contributed by atoms with van der Waals surface area (Å²) in [6, 6.07) is 14.3. The first-order chi connectivity index (χ1) is 11.6. The van der Waals surface area contributed by atoms with Crippen LogP contribution in [0.2, 0.25) is 0 Å². The number of hydrogen-bond donors (Lipinski definition) is 1. The molecule has 0 heterocycles. The first kappa shape index (κ1) is 17.3. The number of benzene rings is 2. The molecule has 126 valence electrons. The van der Waals surface area contributed by atoms with E-state index in [1.54, 1.807) is 63.7 Å². The maximum atomic E-state index is 12.2. The monoisotopic (exact) mass is 328 g/mol. The fourth-order valence-corrected chi connectivity index (χ4v) is 2.17. The summed E-state index contributed by atoms with van der Waals surface area (Å²) in [6.07, 6.45) is 0. The summed E-state index contributed by atoms with van der Waals surface area (Å²) in [5.74, 6) is -0.123. The zero-order chi connectivity index (χ0) is 17.5. The Hall–Kier alpha value is -3.02. The second-order valence-electron chi connectivity index (χ2n) is 5.07. The van der Waals surface area contributed by atoms with E-state index in [-0.39, 0.29) is 6.54 Å². The van der Waals surface area contributed by atoms with Gasteiger partial charge < -0.3 is 19.7 Å². The van der Waals surface area contributed by atoms with E-state index in [9.17, 15) is 9.59 Å². The largest absolute Gasteiger partial charge is 0.493 e. The molecule has 0 aliphatic carbocycles. The number of ether oxygens (including phenoxy) is 2. The number of methoxy groups -OCH3 is 2. The maximum absolute atomic E-state index is 12.2. The molecule has 0 atom stereocenters. The molecule has 0 spiro atoms. The van der Waals surface area contributed by atoms with Crippen LogP contribution in [0.25, 0.3) is 0 Å². The summed E-state index contributed by atoms with van der Waals surface area (Å²) in [6.45, 7) is 0.216. The lowest BCUT2D eigenvalue weighted by Crippen LogP contribution is -2.40. The van der Waals surface area contributed by atoms with Crippen LogP contribution >= 0.6 is 0 Å². The van der Waals surface area contributed by atoms with Crippen LogP contribution in [0.5, 0.6) is 11.5 Å². The summed E-state index contributed by atoms with van der Waals surface area (Å²) in [5.41, 5.74) is 1.46. The number of carbonyl (C=O) groups is 2. The van der Waals surface area contributed by atoms with Crippen molar-refractivity contribution in [2.75, 3.05) is 26.2 Å². The standard InChI is InChI=1S/C18H20N2O4/c1-20(14-7-5-4-6-8-14)18(22)17(21)19-12-13-9-10-15(23-2)16(11-13)24-3/h4-11H,12H2,1-3H3,(H,19,21). The minimum absolute atomic E-state index is 0.216. The SMILES string of the molecule is COc1ccc(CNC(=O)C(=O)N(C)c2ccccc2)cc1OC. The Morgan fingerprint density at radius 3 is 2.29 bits per heavy atom. The average molecular weight is 328 g/mol. The van der Waals surface area contributed by atoms with E-state index >= 15 is 0 Å². The zero-order valence-electron chi connectivity index (χ0n) is 13.9. The van der Waals surface area contributed by atoms with Crippen LogP contribution in [-0.4, -0.2) is 33.1 Å². The number of anilines is 1. The van der Waals surface area contributed by atoms with Crippen molar-refractivity contribution < 1.29 is 19.1 Å². The van der Waals surface area contributed by atoms with Crippen molar-refractivity contribution in [2.24, 2.45) is 0 Å². The second kappa shape index (κ2) is 8.01. The molecule has 2 amide bonds. The molecule has 6 nitrogen and oxygen atoms in total. The quantitative estimate of drug-likeness (QED) is 0.852. The number of hydrogen-bond acceptors (Lipinski definition) is 4. The first-order valence-corrected chi connectivity index (χ1v) is 7.38. The molecule has 0 saturated carbocycles. The van der Waals surface area contributed by atoms with E-state index in [0.717, 1.165) is 5.56 Å². The Kier molecular flexibility index (Phi) is 5.78. The Labute approximate surface area is 141 Å². The molecule has 0 bridgehead atoms. The molecule has 0 aromatic heterocycles. The predicted molar refractivity (Wildman–Crippen MR) is 91.2 cm³/mol. The number of nitrogens with one attached hydrogen (secondary N) is 1. The van der Waals surface area contributed by atoms with Gasteiger partial charge in [-0.2, -0.15) is 0 Å². The summed E-state index contributed by atoms with van der Waals surface area (Å²) >= 11 is 0. The van der Waals surface area contributed by atoms with E-state index in [0.29, 0.717) is 17.2 Å². The molecule has 24 heavy (non-hydrogen) atoms. The van der Waals surface area contributed by atoms with Crippen molar-refractivity contribution in [2.45, 2.75) is 6.54 Å². The second-order valence-corrected chi connectivity index (χ2v) is 5.07. The number of nitrogens with zero attached hydrogens (tertiary/aromatic N) is 1. The van der Waals surface area contributed by atoms with Crippen LogP contribution in [-0.2, 0) is 16.1 Å². The van der Waals surface area contributed by atoms with Gasteiger partial charge in [-0.05, 0) is 29.8 Å². The Morgan fingerprint density at radius 1 is 1.00 bits per heavy atom. The molecule has 6 heteroatoms. The van der Waals surface area contributed by atoms with Gasteiger partial charge in [-0.3, -0.25) is 9.59 Å². The van der Waals surface area contributed by atoms with Gasteiger partial charge in [-0.1, -0.05) is 24.3 Å². The molecule has 0 fully saturated rings. The fourth-order valence-electron chi connectivity index (χ4n) is 2.17. The van der Waals surface area contributed by atoms with Crippen LogP contribution in [0.3, 0.4) is 0 Å². The van der Waals surface area contributed by atoms with Crippen molar-refractivity contribution >= 4 is 17.5 Å². The van der Waals surface area contributed by atoms with E-state index in [1.807, 2.05) is 6.07 Å². The summed E-state index contributed by atoms with van der Waals surface area (Å²) < 4.78 is 10.4. The Balaban J connectivity index is 1.99. The highest BCUT2D eigenvalue weighted by molar-refractivity contribution is 6.40. The molecule has 0 aliphatic rings. The zero-order valence-corrected chi connectivity index (χ0v) is 13.9. The number of para-hydroxylation sites is 1. The van der Waals surface area contributed by atoms with Crippen molar-refractivity contribution in [3.8, 4) is 11.5 Å². The van der Waals surface area contributed by atoms with E-state index in [1.165, 1.54) is 4.90 Å². The van der Waals surface area contributed by atoms with Crippen LogP contribution < -0.4 is 19.7 Å². The van der Waals surface area contributed by atoms with E-state index in [2.05, 4.69) is 5.32 Å². The maximum Gasteiger partial charge on any atom is 0.316 e. The molecular weight excluding hydrogens is 308 g/mol. The number of likely N-dealkylation sites (N-methyl/N-ethyl adjacent to an activating group) is 1. The fraction of sp³-hybridized carbons (Fsp3) is 0.222. The Morgan fingerprint density at radius 2 is 1.67 bits per heavy atom. The van der Waals surface area contributed by atoms with Gasteiger partial charge in [0.25, 0.3) is 0 Å². The van der Waals surface area contributed by atoms with Crippen LogP contribution in [0.15, 0.2) is 48.5 Å². The van der Waals surface area contributed by atoms with Crippen molar-refractivity contribution in [3.63, 3.8) is 0 Å². The molecule has 2 aromatic carbocycles. The minimum Gasteiger partial charge on any atom is -0.493 e. The van der Waals surface area contributed by atoms with Gasteiger partial charge in [0.2, 0.25) is 0 Å². The number of carbonyl (C=O) groups excluding carboxylic acids is 2. The van der Waals surface area contributed by atoms with Crippen LogP contribution in [0.4, 0.5) is 5.69 Å². The molecule has 2 aromatic rings. The predicted octanol–water partition coefficient (Wildman–Crippen LogP) is 1.98. The highest BCUT2D eigenvalue weighted by Crippen LogP contribution is 2.27. The van der Waals surface area contributed by atoms with Crippen LogP contribution in [0, 0.1) is 0 Å². The molecule has 0 radical (unpaired) electrons. The molecule has 0 aliphatic heterocycles. The van der Waals surface area contributed by atoms with Gasteiger partial charge in [0.15, 0.2) is 11.5 Å². The molecule has 1 N–H and O–H groups in total. The van der Waals surface area contributed by atoms with Crippen molar-refractivity contribution in [1.82, 2.24) is 5.32 Å². The smallest absolute Gasteiger partial charge is 0.316 e. The van der Waals surface area contributed by atoms with Crippen molar-refractivity contribution in [1.29, 1.82) is 0 Å². The molecular formula is C18H20N2O4. The third kappa shape index (κ3) is 4.04. The first-order valence-electron chi connectivity index (χ1n) is 7.38. The summed E-state index contributed by atoms with van der Waals surface area (Å²) in [4.78, 5) is 25.5. The van der Waals surface area contributed by atoms with Gasteiger partial charge in [0, 0.05) is 19.3 Å².